The van der Waals surface area contributed by atoms with E-state index in [4.69, 9.17) is 14.2 Å². The zero-order valence-corrected chi connectivity index (χ0v) is 18.3. The third-order valence-corrected chi connectivity index (χ3v) is 5.29. The summed E-state index contributed by atoms with van der Waals surface area (Å²) in [5.41, 5.74) is 1.39. The van der Waals surface area contributed by atoms with Gasteiger partial charge in [0.1, 0.15) is 11.6 Å². The minimum Gasteiger partial charge on any atom is -0.496 e. The van der Waals surface area contributed by atoms with Crippen molar-refractivity contribution in [2.75, 3.05) is 26.1 Å². The molecule has 0 aliphatic heterocycles. The molecule has 152 valence electrons. The summed E-state index contributed by atoms with van der Waals surface area (Å²) < 4.78 is 30.4. The van der Waals surface area contributed by atoms with Gasteiger partial charge in [-0.25, -0.2) is 9.37 Å². The highest BCUT2D eigenvalue weighted by molar-refractivity contribution is 9.10. The zero-order chi connectivity index (χ0) is 21.0. The Kier molecular flexibility index (Phi) is 6.71. The fourth-order valence-corrected chi connectivity index (χ4v) is 3.90. The Morgan fingerprint density at radius 3 is 2.66 bits per heavy atom. The van der Waals surface area contributed by atoms with Crippen LogP contribution in [0, 0.1) is 5.82 Å². The van der Waals surface area contributed by atoms with Crippen molar-refractivity contribution in [1.82, 2.24) is 4.98 Å². The minimum absolute atomic E-state index is 0.362. The van der Waals surface area contributed by atoms with Crippen LogP contribution in [0.4, 0.5) is 9.52 Å². The number of carbonyl (C=O) groups is 1. The first-order valence-electron chi connectivity index (χ1n) is 8.58. The molecule has 0 unspecified atom stereocenters. The fourth-order valence-electron chi connectivity index (χ4n) is 2.64. The van der Waals surface area contributed by atoms with E-state index in [2.05, 4.69) is 26.2 Å². The number of nitrogens with one attached hydrogen (secondary N) is 1. The van der Waals surface area contributed by atoms with E-state index in [9.17, 15) is 9.18 Å². The molecule has 0 saturated heterocycles. The second kappa shape index (κ2) is 9.23. The molecule has 0 bridgehead atoms. The van der Waals surface area contributed by atoms with Gasteiger partial charge in [0.15, 0.2) is 16.6 Å². The van der Waals surface area contributed by atoms with Crippen LogP contribution in [0.3, 0.4) is 0 Å². The average molecular weight is 481 g/mol. The highest BCUT2D eigenvalue weighted by Crippen LogP contribution is 2.37. The topological polar surface area (TPSA) is 69.7 Å². The van der Waals surface area contributed by atoms with Crippen molar-refractivity contribution < 1.29 is 23.4 Å². The lowest BCUT2D eigenvalue weighted by molar-refractivity contribution is 0.102. The number of benzene rings is 2. The SMILES string of the molecule is CCOc1c(Br)cc(C(=O)Nc2nc(-c3cc(F)ccc3OC)cs2)cc1OC. The van der Waals surface area contributed by atoms with Gasteiger partial charge < -0.3 is 14.2 Å². The molecule has 0 radical (unpaired) electrons. The first-order valence-corrected chi connectivity index (χ1v) is 10.2. The van der Waals surface area contributed by atoms with Gasteiger partial charge in [-0.05, 0) is 53.2 Å². The minimum atomic E-state index is -0.397. The highest BCUT2D eigenvalue weighted by Gasteiger charge is 2.17. The van der Waals surface area contributed by atoms with Gasteiger partial charge in [-0.15, -0.1) is 11.3 Å². The van der Waals surface area contributed by atoms with E-state index in [-0.39, 0.29) is 5.91 Å². The van der Waals surface area contributed by atoms with E-state index < -0.39 is 5.82 Å². The van der Waals surface area contributed by atoms with Gasteiger partial charge in [0.25, 0.3) is 5.91 Å². The van der Waals surface area contributed by atoms with E-state index in [0.29, 0.717) is 50.3 Å². The zero-order valence-electron chi connectivity index (χ0n) is 15.9. The van der Waals surface area contributed by atoms with Crippen molar-refractivity contribution >= 4 is 38.3 Å². The number of hydrogen-bond acceptors (Lipinski definition) is 6. The number of rotatable bonds is 7. The smallest absolute Gasteiger partial charge is 0.257 e. The van der Waals surface area contributed by atoms with Crippen LogP contribution in [-0.4, -0.2) is 31.7 Å². The lowest BCUT2D eigenvalue weighted by atomic mass is 10.1. The Balaban J connectivity index is 1.84. The number of amides is 1. The van der Waals surface area contributed by atoms with Crippen molar-refractivity contribution in [2.24, 2.45) is 0 Å². The van der Waals surface area contributed by atoms with Crippen molar-refractivity contribution in [3.8, 4) is 28.5 Å². The summed E-state index contributed by atoms with van der Waals surface area (Å²) in [7, 11) is 3.01. The van der Waals surface area contributed by atoms with Crippen LogP contribution in [0.5, 0.6) is 17.2 Å². The number of halogens is 2. The Morgan fingerprint density at radius 1 is 1.21 bits per heavy atom. The molecule has 29 heavy (non-hydrogen) atoms. The monoisotopic (exact) mass is 480 g/mol. The van der Waals surface area contributed by atoms with Crippen LogP contribution in [0.1, 0.15) is 17.3 Å². The van der Waals surface area contributed by atoms with Gasteiger partial charge in [0.05, 0.1) is 31.0 Å². The molecule has 0 aliphatic rings. The molecule has 0 fully saturated rings. The van der Waals surface area contributed by atoms with E-state index in [1.165, 1.54) is 43.8 Å². The third kappa shape index (κ3) is 4.68. The molecule has 0 spiro atoms. The predicted molar refractivity (Wildman–Crippen MR) is 114 cm³/mol. The van der Waals surface area contributed by atoms with Crippen molar-refractivity contribution in [3.63, 3.8) is 0 Å². The van der Waals surface area contributed by atoms with E-state index >= 15 is 0 Å². The Morgan fingerprint density at radius 2 is 1.97 bits per heavy atom. The number of thiazole rings is 1. The van der Waals surface area contributed by atoms with Crippen LogP contribution in [0.2, 0.25) is 0 Å². The molecular weight excluding hydrogens is 463 g/mol. The van der Waals surface area contributed by atoms with Crippen LogP contribution < -0.4 is 19.5 Å². The summed E-state index contributed by atoms with van der Waals surface area (Å²) in [5.74, 6) is 0.705. The van der Waals surface area contributed by atoms with Gasteiger partial charge in [-0.2, -0.15) is 0 Å². The van der Waals surface area contributed by atoms with Crippen LogP contribution in [-0.2, 0) is 0 Å². The molecule has 0 aliphatic carbocycles. The van der Waals surface area contributed by atoms with E-state index in [1.807, 2.05) is 6.92 Å². The maximum Gasteiger partial charge on any atom is 0.257 e. The summed E-state index contributed by atoms with van der Waals surface area (Å²) in [6.07, 6.45) is 0. The van der Waals surface area contributed by atoms with E-state index in [0.717, 1.165) is 0 Å². The number of ether oxygens (including phenoxy) is 3. The first-order chi connectivity index (χ1) is 14.0. The standard InChI is InChI=1S/C20H18BrFN2O4S/c1-4-28-18-14(21)7-11(8-17(18)27-3)19(25)24-20-23-15(10-29-20)13-9-12(22)5-6-16(13)26-2/h5-10H,4H2,1-3H3,(H,23,24,25). The number of methoxy groups -OCH3 is 2. The number of hydrogen-bond donors (Lipinski definition) is 1. The second-order valence-electron chi connectivity index (χ2n) is 5.76. The van der Waals surface area contributed by atoms with Crippen LogP contribution >= 0.6 is 27.3 Å². The third-order valence-electron chi connectivity index (χ3n) is 3.94. The first kappa shape index (κ1) is 21.1. The maximum absolute atomic E-state index is 13.6. The Bertz CT molecular complexity index is 1040. The summed E-state index contributed by atoms with van der Waals surface area (Å²) in [6.45, 7) is 2.33. The average Bonchev–Trinajstić information content (AvgIpc) is 3.17. The lowest BCUT2D eigenvalue weighted by Crippen LogP contribution is -2.12. The lowest BCUT2D eigenvalue weighted by Gasteiger charge is -2.13. The highest BCUT2D eigenvalue weighted by atomic mass is 79.9. The molecule has 0 saturated carbocycles. The molecule has 1 amide bonds. The Hall–Kier alpha value is -2.65. The molecule has 2 aromatic carbocycles. The van der Waals surface area contributed by atoms with Crippen molar-refractivity contribution in [2.45, 2.75) is 6.92 Å². The molecular formula is C20H18BrFN2O4S. The van der Waals surface area contributed by atoms with Gasteiger partial charge >= 0.3 is 0 Å². The molecule has 3 aromatic rings. The largest absolute Gasteiger partial charge is 0.496 e. The van der Waals surface area contributed by atoms with Gasteiger partial charge in [0.2, 0.25) is 0 Å². The molecule has 0 atom stereocenters. The summed E-state index contributed by atoms with van der Waals surface area (Å²) in [4.78, 5) is 17.1. The number of carbonyl (C=O) groups excluding carboxylic acids is 1. The second-order valence-corrected chi connectivity index (χ2v) is 7.47. The normalized spacial score (nSPS) is 10.5. The quantitative estimate of drug-likeness (QED) is 0.491. The number of anilines is 1. The maximum atomic E-state index is 13.6. The van der Waals surface area contributed by atoms with Crippen molar-refractivity contribution in [1.29, 1.82) is 0 Å². The summed E-state index contributed by atoms with van der Waals surface area (Å²) in [5, 5.41) is 4.85. The summed E-state index contributed by atoms with van der Waals surface area (Å²) in [6, 6.07) is 7.43. The molecule has 3 rings (SSSR count). The van der Waals surface area contributed by atoms with Crippen LogP contribution in [0.25, 0.3) is 11.3 Å². The fraction of sp³-hybridized carbons (Fsp3) is 0.200. The number of nitrogens with zero attached hydrogens (tertiary/aromatic N) is 1. The van der Waals surface area contributed by atoms with Crippen molar-refractivity contribution in [3.05, 3.63) is 51.6 Å². The molecule has 1 heterocycles. The van der Waals surface area contributed by atoms with Gasteiger partial charge in [-0.3, -0.25) is 10.1 Å². The van der Waals surface area contributed by atoms with Crippen LogP contribution in [0.15, 0.2) is 40.2 Å². The molecule has 6 nitrogen and oxygen atoms in total. The molecule has 1 aromatic heterocycles. The summed E-state index contributed by atoms with van der Waals surface area (Å²) >= 11 is 4.63. The van der Waals surface area contributed by atoms with E-state index in [1.54, 1.807) is 17.5 Å². The Labute approximate surface area is 179 Å². The molecule has 9 heteroatoms. The molecule has 1 N–H and O–H groups in total. The predicted octanol–water partition coefficient (Wildman–Crippen LogP) is 5.38. The van der Waals surface area contributed by atoms with Gasteiger partial charge in [0, 0.05) is 16.5 Å². The number of aromatic nitrogens is 1. The van der Waals surface area contributed by atoms with Gasteiger partial charge in [-0.1, -0.05) is 0 Å².